The lowest BCUT2D eigenvalue weighted by Crippen LogP contribution is -2.37. The minimum absolute atomic E-state index is 0.265. The molecule has 2 unspecified atom stereocenters. The Morgan fingerprint density at radius 3 is 3.03 bits per heavy atom. The number of carbonyl (C=O) groups is 2. The molecule has 164 valence electrons. The Bertz CT molecular complexity index is 894. The molecule has 0 bridgehead atoms. The lowest BCUT2D eigenvalue weighted by Gasteiger charge is -2.27. The molecule has 2 aliphatic heterocycles. The van der Waals surface area contributed by atoms with Gasteiger partial charge < -0.3 is 19.9 Å². The van der Waals surface area contributed by atoms with Gasteiger partial charge in [0, 0.05) is 36.5 Å². The number of hydrogen-bond donors (Lipinski definition) is 1. The van der Waals surface area contributed by atoms with Crippen molar-refractivity contribution < 1.29 is 14.3 Å². The molecule has 9 heteroatoms. The van der Waals surface area contributed by atoms with Crippen molar-refractivity contribution in [3.8, 4) is 6.07 Å². The van der Waals surface area contributed by atoms with Crippen LogP contribution in [0.3, 0.4) is 0 Å². The van der Waals surface area contributed by atoms with Gasteiger partial charge in [0.25, 0.3) is 0 Å². The fourth-order valence-corrected chi connectivity index (χ4v) is 4.93. The Hall–Kier alpha value is -2.83. The Kier molecular flexibility index (Phi) is 8.09. The first-order valence-corrected chi connectivity index (χ1v) is 11.1. The molecular weight excluding hydrogens is 414 g/mol. The van der Waals surface area contributed by atoms with Gasteiger partial charge in [-0.1, -0.05) is 6.07 Å². The van der Waals surface area contributed by atoms with Crippen molar-refractivity contribution >= 4 is 29.8 Å². The zero-order valence-electron chi connectivity index (χ0n) is 17.8. The summed E-state index contributed by atoms with van der Waals surface area (Å²) in [5, 5.41) is 12.2. The molecule has 3 rings (SSSR count). The highest BCUT2D eigenvalue weighted by atomic mass is 32.2. The maximum Gasteiger partial charge on any atom is 0.410 e. The van der Waals surface area contributed by atoms with E-state index in [0.29, 0.717) is 26.1 Å². The van der Waals surface area contributed by atoms with Crippen molar-refractivity contribution in [2.45, 2.75) is 18.2 Å². The molecule has 8 nitrogen and oxygen atoms in total. The van der Waals surface area contributed by atoms with Crippen molar-refractivity contribution in [3.05, 3.63) is 46.6 Å². The van der Waals surface area contributed by atoms with Gasteiger partial charge >= 0.3 is 6.09 Å². The molecule has 0 saturated carbocycles. The lowest BCUT2D eigenvalue weighted by atomic mass is 9.94. The van der Waals surface area contributed by atoms with Crippen molar-refractivity contribution in [3.63, 3.8) is 0 Å². The van der Waals surface area contributed by atoms with E-state index in [4.69, 9.17) is 4.74 Å². The Labute approximate surface area is 186 Å². The van der Waals surface area contributed by atoms with E-state index in [1.807, 2.05) is 25.1 Å². The van der Waals surface area contributed by atoms with Crippen LogP contribution in [0.5, 0.6) is 0 Å². The standard InChI is InChI=1S/C22H27N5O3S/c1-26(2)10-4-12-30-22(29)27-11-8-17-18(13-23)21(31-19(17)15-27)25-20(28)7-6-16-5-3-9-24-14-16/h3,5-7,9,14,18,21H,4,8,10-12,15H2,1-2H3,(H,25,28)/b7-6+. The molecule has 2 aliphatic rings. The molecule has 0 spiro atoms. The highest BCUT2D eigenvalue weighted by Gasteiger charge is 2.39. The van der Waals surface area contributed by atoms with Crippen LogP contribution in [0, 0.1) is 17.2 Å². The molecule has 0 saturated heterocycles. The van der Waals surface area contributed by atoms with Crippen LogP contribution in [0.1, 0.15) is 18.4 Å². The second-order valence-electron chi connectivity index (χ2n) is 7.66. The SMILES string of the molecule is CN(C)CCCOC(=O)N1CCC2=C(C1)SC(NC(=O)/C=C/c1cccnc1)C2C#N. The lowest BCUT2D eigenvalue weighted by molar-refractivity contribution is -0.116. The summed E-state index contributed by atoms with van der Waals surface area (Å²) < 4.78 is 5.38. The number of pyridine rings is 1. The maximum absolute atomic E-state index is 12.4. The average molecular weight is 442 g/mol. The molecule has 2 atom stereocenters. The average Bonchev–Trinajstić information content (AvgIpc) is 3.11. The van der Waals surface area contributed by atoms with E-state index >= 15 is 0 Å². The smallest absolute Gasteiger partial charge is 0.410 e. The molecule has 0 radical (unpaired) electrons. The Morgan fingerprint density at radius 1 is 1.48 bits per heavy atom. The van der Waals surface area contributed by atoms with Crippen molar-refractivity contribution in [2.75, 3.05) is 40.3 Å². The van der Waals surface area contributed by atoms with Gasteiger partial charge in [0.05, 0.1) is 30.5 Å². The molecule has 31 heavy (non-hydrogen) atoms. The summed E-state index contributed by atoms with van der Waals surface area (Å²) in [7, 11) is 3.96. The van der Waals surface area contributed by atoms with Crippen LogP contribution in [-0.4, -0.2) is 72.5 Å². The number of ether oxygens (including phenoxy) is 1. The van der Waals surface area contributed by atoms with Gasteiger partial charge in [-0.25, -0.2) is 4.79 Å². The van der Waals surface area contributed by atoms with Gasteiger partial charge in [0.15, 0.2) is 0 Å². The highest BCUT2D eigenvalue weighted by Crippen LogP contribution is 2.44. The van der Waals surface area contributed by atoms with Crippen LogP contribution >= 0.6 is 11.8 Å². The maximum atomic E-state index is 12.4. The first kappa shape index (κ1) is 22.8. The number of carbonyl (C=O) groups excluding carboxylic acids is 2. The molecule has 0 aromatic carbocycles. The topological polar surface area (TPSA) is 98.6 Å². The molecule has 0 aliphatic carbocycles. The zero-order chi connectivity index (χ0) is 22.2. The van der Waals surface area contributed by atoms with E-state index in [2.05, 4.69) is 16.4 Å². The first-order valence-electron chi connectivity index (χ1n) is 10.2. The summed E-state index contributed by atoms with van der Waals surface area (Å²) in [5.74, 6) is -0.660. The van der Waals surface area contributed by atoms with E-state index in [1.54, 1.807) is 29.4 Å². The Morgan fingerprint density at radius 2 is 2.32 bits per heavy atom. The molecule has 1 aromatic rings. The predicted molar refractivity (Wildman–Crippen MR) is 120 cm³/mol. The predicted octanol–water partition coefficient (Wildman–Crippen LogP) is 2.47. The number of nitriles is 1. The zero-order valence-corrected chi connectivity index (χ0v) is 18.6. The molecule has 2 amide bonds. The minimum Gasteiger partial charge on any atom is -0.449 e. The van der Waals surface area contributed by atoms with Crippen LogP contribution in [0.25, 0.3) is 6.08 Å². The number of thioether (sulfide) groups is 1. The first-order chi connectivity index (χ1) is 15.0. The normalized spacial score (nSPS) is 20.6. The molecular formula is C22H27N5O3S. The van der Waals surface area contributed by atoms with Crippen LogP contribution in [0.4, 0.5) is 4.79 Å². The number of nitrogens with one attached hydrogen (secondary N) is 1. The molecule has 1 N–H and O–H groups in total. The second-order valence-corrected chi connectivity index (χ2v) is 8.90. The van der Waals surface area contributed by atoms with E-state index in [9.17, 15) is 14.9 Å². The van der Waals surface area contributed by atoms with Crippen molar-refractivity contribution in [1.29, 1.82) is 5.26 Å². The van der Waals surface area contributed by atoms with Gasteiger partial charge in [-0.05, 0) is 50.2 Å². The molecule has 1 aromatic heterocycles. The molecule has 0 fully saturated rings. The largest absolute Gasteiger partial charge is 0.449 e. The Balaban J connectivity index is 1.53. The summed E-state index contributed by atoms with van der Waals surface area (Å²) in [6, 6.07) is 5.98. The van der Waals surface area contributed by atoms with Gasteiger partial charge in [-0.15, -0.1) is 11.8 Å². The van der Waals surface area contributed by atoms with Crippen LogP contribution in [0.2, 0.25) is 0 Å². The highest BCUT2D eigenvalue weighted by molar-refractivity contribution is 8.04. The van der Waals surface area contributed by atoms with Gasteiger partial charge in [-0.2, -0.15) is 5.26 Å². The van der Waals surface area contributed by atoms with Crippen molar-refractivity contribution in [1.82, 2.24) is 20.1 Å². The third kappa shape index (κ3) is 6.32. The van der Waals surface area contributed by atoms with Gasteiger partial charge in [-0.3, -0.25) is 9.78 Å². The van der Waals surface area contributed by atoms with E-state index < -0.39 is 5.92 Å². The number of amides is 2. The quantitative estimate of drug-likeness (QED) is 0.513. The third-order valence-electron chi connectivity index (χ3n) is 5.06. The summed E-state index contributed by atoms with van der Waals surface area (Å²) in [4.78, 5) is 33.4. The van der Waals surface area contributed by atoms with E-state index in [1.165, 1.54) is 17.8 Å². The van der Waals surface area contributed by atoms with E-state index in [0.717, 1.165) is 29.0 Å². The second kappa shape index (κ2) is 11.0. The summed E-state index contributed by atoms with van der Waals surface area (Å²) in [6.45, 7) is 2.18. The fraction of sp³-hybridized carbons (Fsp3) is 0.455. The van der Waals surface area contributed by atoms with E-state index in [-0.39, 0.29) is 17.4 Å². The summed E-state index contributed by atoms with van der Waals surface area (Å²) in [6.07, 6.45) is 7.54. The summed E-state index contributed by atoms with van der Waals surface area (Å²) in [5.41, 5.74) is 1.84. The van der Waals surface area contributed by atoms with Crippen LogP contribution < -0.4 is 5.32 Å². The fourth-order valence-electron chi connectivity index (χ4n) is 3.48. The minimum atomic E-state index is -0.394. The third-order valence-corrected chi connectivity index (χ3v) is 6.38. The van der Waals surface area contributed by atoms with Crippen molar-refractivity contribution in [2.24, 2.45) is 5.92 Å². The monoisotopic (exact) mass is 441 g/mol. The number of rotatable bonds is 7. The van der Waals surface area contributed by atoms with Crippen LogP contribution in [0.15, 0.2) is 41.1 Å². The number of hydrogen-bond acceptors (Lipinski definition) is 7. The molecule has 3 heterocycles. The van der Waals surface area contributed by atoms with Gasteiger partial charge in [0.1, 0.15) is 0 Å². The summed E-state index contributed by atoms with van der Waals surface area (Å²) >= 11 is 1.45. The number of aromatic nitrogens is 1. The van der Waals surface area contributed by atoms with Gasteiger partial charge in [0.2, 0.25) is 5.91 Å². The number of nitrogens with zero attached hydrogens (tertiary/aromatic N) is 4. The van der Waals surface area contributed by atoms with Crippen LogP contribution in [-0.2, 0) is 9.53 Å².